The van der Waals surface area contributed by atoms with Crippen LogP contribution in [-0.2, 0) is 0 Å². The average Bonchev–Trinajstić information content (AvgIpc) is 3.25. The Balaban J connectivity index is 1.57. The van der Waals surface area contributed by atoms with Gasteiger partial charge in [-0.15, -0.1) is 26.3 Å². The van der Waals surface area contributed by atoms with Crippen LogP contribution in [0.3, 0.4) is 0 Å². The smallest absolute Gasteiger partial charge is 0.232 e. The van der Waals surface area contributed by atoms with Gasteiger partial charge in [-0.2, -0.15) is 29.9 Å². The lowest BCUT2D eigenvalue weighted by molar-refractivity contribution is 0.156. The van der Waals surface area contributed by atoms with E-state index in [4.69, 9.17) is 29.9 Å². The van der Waals surface area contributed by atoms with Crippen molar-refractivity contribution in [1.29, 1.82) is 0 Å². The maximum atomic E-state index is 5.15. The molecular formula is C54H96N14. The van der Waals surface area contributed by atoms with E-state index in [1.54, 1.807) is 0 Å². The molecule has 0 aliphatic carbocycles. The summed E-state index contributed by atoms with van der Waals surface area (Å²) >= 11 is 0. The molecule has 382 valence electrons. The normalized spacial score (nSPS) is 17.5. The Morgan fingerprint density at radius 3 is 0.926 bits per heavy atom. The first-order chi connectivity index (χ1) is 32.5. The topological polar surface area (TPSA) is 156 Å². The molecule has 2 saturated heterocycles. The molecule has 0 radical (unpaired) electrons. The molecule has 0 unspecified atom stereocenters. The first-order valence-electron chi connectivity index (χ1n) is 26.5. The molecule has 68 heavy (non-hydrogen) atoms. The van der Waals surface area contributed by atoms with Gasteiger partial charge in [0.25, 0.3) is 0 Å². The minimum Gasteiger partial charge on any atom is -0.354 e. The second-order valence-electron chi connectivity index (χ2n) is 22.1. The van der Waals surface area contributed by atoms with Gasteiger partial charge in [0, 0.05) is 73.5 Å². The number of nitrogens with one attached hydrogen (secondary N) is 6. The predicted molar refractivity (Wildman–Crippen MR) is 292 cm³/mol. The zero-order valence-corrected chi connectivity index (χ0v) is 44.3. The Labute approximate surface area is 413 Å². The van der Waals surface area contributed by atoms with Crippen molar-refractivity contribution < 1.29 is 0 Å². The molecule has 2 aliphatic rings. The van der Waals surface area contributed by atoms with E-state index in [1.165, 1.54) is 0 Å². The molecule has 4 heterocycles. The van der Waals surface area contributed by atoms with Gasteiger partial charge in [0.05, 0.1) is 0 Å². The SMILES string of the molecule is C=CCCCCNc1nc(NCCCCC=C)nc(N(CCCCCCN(c2nc(NCCCCC=C)nc(NCCCCC=C)n2)C2CC(C)(C)NC(C)(C)C2)C2CC(C)(C)NC(C)(C)C2)n1. The molecule has 2 fully saturated rings. The van der Waals surface area contributed by atoms with Gasteiger partial charge in [0.15, 0.2) is 0 Å². The second-order valence-corrected chi connectivity index (χ2v) is 22.1. The Morgan fingerprint density at radius 1 is 0.412 bits per heavy atom. The highest BCUT2D eigenvalue weighted by atomic mass is 15.4. The molecule has 0 atom stereocenters. The molecule has 2 aromatic heterocycles. The summed E-state index contributed by atoms with van der Waals surface area (Å²) in [4.78, 5) is 35.4. The minimum absolute atomic E-state index is 0.0335. The standard InChI is InChI=1S/C54H96N14/c1-13-17-21-27-33-55-45-59-46(56-34-28-22-18-14-2)62-49(61-45)67(43-39-51(5,6)65-52(7,8)40-43)37-31-25-26-32-38-68(44-41-53(9,10)66-54(11,12)42-44)50-63-47(57-35-29-23-19-15-3)60-48(64-50)58-36-30-24-20-16-4/h13-16,43-44,65-66H,1-4,17-42H2,5-12H3,(H2,55,56,59,61,62)(H2,57,58,60,63,64). The van der Waals surface area contributed by atoms with Crippen molar-refractivity contribution in [2.75, 3.05) is 70.3 Å². The van der Waals surface area contributed by atoms with E-state index in [0.29, 0.717) is 23.8 Å². The molecule has 0 amide bonds. The Bertz CT molecular complexity index is 1570. The molecule has 14 heteroatoms. The third-order valence-electron chi connectivity index (χ3n) is 13.0. The summed E-state index contributed by atoms with van der Waals surface area (Å²) in [7, 11) is 0. The van der Waals surface area contributed by atoms with Crippen LogP contribution in [0.15, 0.2) is 50.6 Å². The van der Waals surface area contributed by atoms with Crippen molar-refractivity contribution in [3.63, 3.8) is 0 Å². The van der Waals surface area contributed by atoms with Gasteiger partial charge in [-0.3, -0.25) is 0 Å². The van der Waals surface area contributed by atoms with Gasteiger partial charge < -0.3 is 41.7 Å². The van der Waals surface area contributed by atoms with Crippen LogP contribution >= 0.6 is 0 Å². The Morgan fingerprint density at radius 2 is 0.676 bits per heavy atom. The molecule has 2 aliphatic heterocycles. The van der Waals surface area contributed by atoms with Gasteiger partial charge in [-0.1, -0.05) is 37.1 Å². The molecule has 0 bridgehead atoms. The maximum Gasteiger partial charge on any atom is 0.232 e. The van der Waals surface area contributed by atoms with Crippen LogP contribution < -0.4 is 41.7 Å². The number of piperidine rings is 2. The van der Waals surface area contributed by atoms with E-state index in [0.717, 1.165) is 180 Å². The molecule has 2 aromatic rings. The molecule has 6 N–H and O–H groups in total. The summed E-state index contributed by atoms with van der Waals surface area (Å²) in [5, 5.41) is 22.0. The molecule has 14 nitrogen and oxygen atoms in total. The predicted octanol–water partition coefficient (Wildman–Crippen LogP) is 11.6. The maximum absolute atomic E-state index is 5.15. The lowest BCUT2D eigenvalue weighted by Crippen LogP contribution is -2.62. The summed E-state index contributed by atoms with van der Waals surface area (Å²) in [6, 6.07) is 0.537. The molecule has 0 spiro atoms. The molecular weight excluding hydrogens is 845 g/mol. The molecule has 4 rings (SSSR count). The number of allylic oxidation sites excluding steroid dienone is 4. The number of hydrogen-bond acceptors (Lipinski definition) is 14. The second kappa shape index (κ2) is 28.4. The fourth-order valence-electron chi connectivity index (χ4n) is 10.5. The number of aromatic nitrogens is 6. The third-order valence-corrected chi connectivity index (χ3v) is 13.0. The van der Waals surface area contributed by atoms with Gasteiger partial charge in [0.1, 0.15) is 0 Å². The highest BCUT2D eigenvalue weighted by molar-refractivity contribution is 5.46. The first-order valence-corrected chi connectivity index (χ1v) is 26.5. The molecule has 0 saturated carbocycles. The summed E-state index contributed by atoms with van der Waals surface area (Å²) in [6.45, 7) is 39.2. The van der Waals surface area contributed by atoms with Gasteiger partial charge in [-0.05, 0) is 171 Å². The summed E-state index contributed by atoms with van der Waals surface area (Å²) in [5.41, 5.74) is -0.134. The van der Waals surface area contributed by atoms with E-state index in [1.807, 2.05) is 24.3 Å². The lowest BCUT2D eigenvalue weighted by atomic mass is 9.79. The van der Waals surface area contributed by atoms with Crippen LogP contribution in [0.2, 0.25) is 0 Å². The summed E-state index contributed by atoms with van der Waals surface area (Å²) in [6.07, 6.45) is 28.6. The number of rotatable bonds is 35. The number of hydrogen-bond donors (Lipinski definition) is 6. The summed E-state index contributed by atoms with van der Waals surface area (Å²) in [5.74, 6) is 4.07. The first kappa shape index (κ1) is 56.3. The van der Waals surface area contributed by atoms with Crippen molar-refractivity contribution >= 4 is 35.7 Å². The van der Waals surface area contributed by atoms with Crippen molar-refractivity contribution in [1.82, 2.24) is 40.5 Å². The van der Waals surface area contributed by atoms with Crippen molar-refractivity contribution in [2.24, 2.45) is 0 Å². The van der Waals surface area contributed by atoms with E-state index in [-0.39, 0.29) is 34.2 Å². The number of nitrogens with zero attached hydrogens (tertiary/aromatic N) is 8. The fraction of sp³-hybridized carbons (Fsp3) is 0.741. The van der Waals surface area contributed by atoms with Crippen LogP contribution in [0.25, 0.3) is 0 Å². The van der Waals surface area contributed by atoms with E-state index in [2.05, 4.69) is 123 Å². The van der Waals surface area contributed by atoms with E-state index >= 15 is 0 Å². The van der Waals surface area contributed by atoms with Crippen LogP contribution in [-0.4, -0.2) is 103 Å². The quantitative estimate of drug-likeness (QED) is 0.0287. The van der Waals surface area contributed by atoms with Crippen molar-refractivity contribution in [3.05, 3.63) is 50.6 Å². The Hall–Kier alpha value is -4.30. The third kappa shape index (κ3) is 20.7. The van der Waals surface area contributed by atoms with Crippen LogP contribution in [0, 0.1) is 0 Å². The van der Waals surface area contributed by atoms with Crippen LogP contribution in [0.1, 0.15) is 184 Å². The highest BCUT2D eigenvalue weighted by Gasteiger charge is 2.42. The Kier molecular flexibility index (Phi) is 23.5. The van der Waals surface area contributed by atoms with Crippen molar-refractivity contribution in [2.45, 2.75) is 218 Å². The van der Waals surface area contributed by atoms with E-state index < -0.39 is 0 Å². The van der Waals surface area contributed by atoms with E-state index in [9.17, 15) is 0 Å². The summed E-state index contributed by atoms with van der Waals surface area (Å²) < 4.78 is 0. The van der Waals surface area contributed by atoms with Gasteiger partial charge in [-0.25, -0.2) is 0 Å². The number of unbranched alkanes of at least 4 members (excludes halogenated alkanes) is 11. The van der Waals surface area contributed by atoms with Crippen LogP contribution in [0.5, 0.6) is 0 Å². The van der Waals surface area contributed by atoms with Crippen molar-refractivity contribution in [3.8, 4) is 0 Å². The fourth-order valence-corrected chi connectivity index (χ4v) is 10.5. The minimum atomic E-state index is -0.0335. The number of anilines is 6. The monoisotopic (exact) mass is 941 g/mol. The van der Waals surface area contributed by atoms with Gasteiger partial charge in [0.2, 0.25) is 35.7 Å². The zero-order valence-electron chi connectivity index (χ0n) is 44.3. The largest absolute Gasteiger partial charge is 0.354 e. The molecule has 0 aromatic carbocycles. The zero-order chi connectivity index (χ0) is 49.5. The average molecular weight is 941 g/mol. The van der Waals surface area contributed by atoms with Crippen LogP contribution in [0.4, 0.5) is 35.7 Å². The van der Waals surface area contributed by atoms with Gasteiger partial charge >= 0.3 is 0 Å². The lowest BCUT2D eigenvalue weighted by Gasteiger charge is -2.49. The highest BCUT2D eigenvalue weighted by Crippen LogP contribution is 2.36.